The second-order valence-corrected chi connectivity index (χ2v) is 8.25. The van der Waals surface area contributed by atoms with Gasteiger partial charge in [0, 0.05) is 23.7 Å². The Balaban J connectivity index is 1.56. The first kappa shape index (κ1) is 13.1. The molecule has 5 rings (SSSR count). The first-order valence-corrected chi connectivity index (χ1v) is 8.63. The summed E-state index contributed by atoms with van der Waals surface area (Å²) in [6, 6.07) is 4.18. The van der Waals surface area contributed by atoms with E-state index < -0.39 is 0 Å². The molecule has 1 unspecified atom stereocenters. The molecule has 1 atom stereocenters. The SMILES string of the molecule is Cc1cccnc1CC(Cl)C12CC3CC(CC(C3)C1)C2. The van der Waals surface area contributed by atoms with Crippen LogP contribution in [0.25, 0.3) is 0 Å². The number of hydrogen-bond acceptors (Lipinski definition) is 1. The first-order valence-electron chi connectivity index (χ1n) is 8.19. The van der Waals surface area contributed by atoms with Crippen LogP contribution in [0.5, 0.6) is 0 Å². The Kier molecular flexibility index (Phi) is 3.10. The number of pyridine rings is 1. The largest absolute Gasteiger partial charge is 0.261 e. The molecule has 4 aliphatic rings. The molecular formula is C18H24ClN. The molecule has 0 spiro atoms. The van der Waals surface area contributed by atoms with Crippen molar-refractivity contribution in [3.8, 4) is 0 Å². The van der Waals surface area contributed by atoms with Crippen LogP contribution in [0.2, 0.25) is 0 Å². The minimum atomic E-state index is 0.282. The zero-order valence-electron chi connectivity index (χ0n) is 12.3. The number of alkyl halides is 1. The number of aryl methyl sites for hydroxylation is 1. The predicted octanol–water partition coefficient (Wildman–Crippen LogP) is 4.76. The molecule has 1 aromatic heterocycles. The highest BCUT2D eigenvalue weighted by Crippen LogP contribution is 2.62. The summed E-state index contributed by atoms with van der Waals surface area (Å²) in [6.07, 6.45) is 11.5. The highest BCUT2D eigenvalue weighted by atomic mass is 35.5. The zero-order valence-corrected chi connectivity index (χ0v) is 13.1. The van der Waals surface area contributed by atoms with Gasteiger partial charge in [-0.25, -0.2) is 0 Å². The topological polar surface area (TPSA) is 12.9 Å². The maximum absolute atomic E-state index is 6.97. The van der Waals surface area contributed by atoms with E-state index in [1.54, 1.807) is 0 Å². The summed E-state index contributed by atoms with van der Waals surface area (Å²) in [7, 11) is 0. The van der Waals surface area contributed by atoms with Crippen molar-refractivity contribution in [1.82, 2.24) is 4.98 Å². The van der Waals surface area contributed by atoms with Gasteiger partial charge >= 0.3 is 0 Å². The lowest BCUT2D eigenvalue weighted by Gasteiger charge is -2.58. The van der Waals surface area contributed by atoms with Gasteiger partial charge in [-0.3, -0.25) is 4.98 Å². The van der Waals surface area contributed by atoms with Crippen molar-refractivity contribution >= 4 is 11.6 Å². The summed E-state index contributed by atoms with van der Waals surface area (Å²) in [5.74, 6) is 2.94. The molecule has 20 heavy (non-hydrogen) atoms. The van der Waals surface area contributed by atoms with Crippen LogP contribution in [0.3, 0.4) is 0 Å². The summed E-state index contributed by atoms with van der Waals surface area (Å²) in [6.45, 7) is 2.16. The van der Waals surface area contributed by atoms with E-state index in [0.29, 0.717) is 5.41 Å². The van der Waals surface area contributed by atoms with Crippen LogP contribution >= 0.6 is 11.6 Å². The fourth-order valence-corrected chi connectivity index (χ4v) is 6.09. The van der Waals surface area contributed by atoms with Crippen molar-refractivity contribution in [3.63, 3.8) is 0 Å². The minimum Gasteiger partial charge on any atom is -0.261 e. The van der Waals surface area contributed by atoms with Gasteiger partial charge in [0.1, 0.15) is 0 Å². The Morgan fingerprint density at radius 1 is 1.20 bits per heavy atom. The number of rotatable bonds is 3. The van der Waals surface area contributed by atoms with Crippen molar-refractivity contribution in [3.05, 3.63) is 29.6 Å². The Morgan fingerprint density at radius 2 is 1.80 bits per heavy atom. The van der Waals surface area contributed by atoms with E-state index in [1.165, 1.54) is 49.8 Å². The number of aromatic nitrogens is 1. The molecule has 0 amide bonds. The highest BCUT2D eigenvalue weighted by Gasteiger charge is 2.53. The fraction of sp³-hybridized carbons (Fsp3) is 0.722. The van der Waals surface area contributed by atoms with Gasteiger partial charge in [0.15, 0.2) is 0 Å². The monoisotopic (exact) mass is 289 g/mol. The van der Waals surface area contributed by atoms with Crippen molar-refractivity contribution in [2.45, 2.75) is 57.2 Å². The van der Waals surface area contributed by atoms with Crippen LogP contribution in [0.4, 0.5) is 0 Å². The fourth-order valence-electron chi connectivity index (χ4n) is 5.68. The number of nitrogens with zero attached hydrogens (tertiary/aromatic N) is 1. The Labute approximate surface area is 127 Å². The molecule has 1 heterocycles. The van der Waals surface area contributed by atoms with E-state index in [1.807, 2.05) is 12.3 Å². The van der Waals surface area contributed by atoms with Crippen LogP contribution in [0.15, 0.2) is 18.3 Å². The third kappa shape index (κ3) is 2.09. The maximum Gasteiger partial charge on any atom is 0.0448 e. The van der Waals surface area contributed by atoms with Crippen molar-refractivity contribution in [2.75, 3.05) is 0 Å². The van der Waals surface area contributed by atoms with Gasteiger partial charge in [-0.2, -0.15) is 0 Å². The third-order valence-electron chi connectivity index (χ3n) is 6.24. The van der Waals surface area contributed by atoms with Crippen molar-refractivity contribution in [1.29, 1.82) is 0 Å². The molecule has 0 N–H and O–H groups in total. The lowest BCUT2D eigenvalue weighted by molar-refractivity contribution is -0.0546. The van der Waals surface area contributed by atoms with Gasteiger partial charge < -0.3 is 0 Å². The molecule has 108 valence electrons. The van der Waals surface area contributed by atoms with E-state index in [0.717, 1.165) is 24.2 Å². The normalized spacial score (nSPS) is 40.0. The molecule has 0 saturated heterocycles. The standard InChI is InChI=1S/C18H24ClN/c1-12-3-2-4-20-16(12)8-17(19)18-9-13-5-14(10-18)7-15(6-13)11-18/h2-4,13-15,17H,5-11H2,1H3. The first-order chi connectivity index (χ1) is 9.64. The lowest BCUT2D eigenvalue weighted by Crippen LogP contribution is -2.50. The average molecular weight is 290 g/mol. The van der Waals surface area contributed by atoms with Crippen LogP contribution in [0, 0.1) is 30.1 Å². The molecule has 0 aliphatic heterocycles. The van der Waals surface area contributed by atoms with Gasteiger partial charge in [0.2, 0.25) is 0 Å². The highest BCUT2D eigenvalue weighted by molar-refractivity contribution is 6.21. The molecule has 4 saturated carbocycles. The second-order valence-electron chi connectivity index (χ2n) is 7.72. The molecule has 1 nitrogen and oxygen atoms in total. The van der Waals surface area contributed by atoms with E-state index in [4.69, 9.17) is 11.6 Å². The third-order valence-corrected chi connectivity index (χ3v) is 6.86. The smallest absolute Gasteiger partial charge is 0.0448 e. The average Bonchev–Trinajstić information content (AvgIpc) is 2.40. The van der Waals surface area contributed by atoms with Crippen LogP contribution in [0.1, 0.15) is 49.8 Å². The van der Waals surface area contributed by atoms with E-state index >= 15 is 0 Å². The van der Waals surface area contributed by atoms with Gasteiger partial charge in [0.25, 0.3) is 0 Å². The Hall–Kier alpha value is -0.560. The predicted molar refractivity (Wildman–Crippen MR) is 82.9 cm³/mol. The zero-order chi connectivity index (χ0) is 13.7. The summed E-state index contributed by atoms with van der Waals surface area (Å²) in [4.78, 5) is 4.56. The number of halogens is 1. The van der Waals surface area contributed by atoms with Gasteiger partial charge in [0.05, 0.1) is 0 Å². The van der Waals surface area contributed by atoms with Crippen LogP contribution in [-0.4, -0.2) is 10.4 Å². The maximum atomic E-state index is 6.97. The van der Waals surface area contributed by atoms with Crippen molar-refractivity contribution < 1.29 is 0 Å². The lowest BCUT2D eigenvalue weighted by atomic mass is 9.48. The van der Waals surface area contributed by atoms with Gasteiger partial charge in [-0.05, 0) is 80.2 Å². The van der Waals surface area contributed by atoms with E-state index in [9.17, 15) is 0 Å². The Bertz CT molecular complexity index is 475. The molecular weight excluding hydrogens is 266 g/mol. The molecule has 4 aliphatic carbocycles. The quantitative estimate of drug-likeness (QED) is 0.731. The van der Waals surface area contributed by atoms with Gasteiger partial charge in [-0.1, -0.05) is 6.07 Å². The molecule has 0 aromatic carbocycles. The van der Waals surface area contributed by atoms with Gasteiger partial charge in [-0.15, -0.1) is 11.6 Å². The van der Waals surface area contributed by atoms with E-state index in [2.05, 4.69) is 18.0 Å². The molecule has 1 aromatic rings. The Morgan fingerprint density at radius 3 is 2.35 bits per heavy atom. The summed E-state index contributed by atoms with van der Waals surface area (Å²) < 4.78 is 0. The summed E-state index contributed by atoms with van der Waals surface area (Å²) in [5.41, 5.74) is 2.94. The molecule has 0 radical (unpaired) electrons. The van der Waals surface area contributed by atoms with Crippen LogP contribution in [-0.2, 0) is 6.42 Å². The molecule has 4 fully saturated rings. The molecule has 2 heteroatoms. The minimum absolute atomic E-state index is 0.282. The molecule has 4 bridgehead atoms. The van der Waals surface area contributed by atoms with E-state index in [-0.39, 0.29) is 5.38 Å². The van der Waals surface area contributed by atoms with Crippen LogP contribution < -0.4 is 0 Å². The summed E-state index contributed by atoms with van der Waals surface area (Å²) in [5, 5.41) is 0.282. The second kappa shape index (κ2) is 4.73. The van der Waals surface area contributed by atoms with Crippen molar-refractivity contribution in [2.24, 2.45) is 23.2 Å². The summed E-state index contributed by atoms with van der Waals surface area (Å²) >= 11 is 6.97. The number of hydrogen-bond donors (Lipinski definition) is 0.